The third-order valence-corrected chi connectivity index (χ3v) is 4.79. The number of halogens is 1. The molecule has 0 saturated carbocycles. The maximum Gasteiger partial charge on any atom is 0.266 e. The van der Waals surface area contributed by atoms with Crippen molar-refractivity contribution in [3.8, 4) is 5.69 Å². The van der Waals surface area contributed by atoms with Crippen molar-refractivity contribution in [2.24, 2.45) is 0 Å². The molecule has 0 radical (unpaired) electrons. The molecule has 3 aromatic carbocycles. The predicted octanol–water partition coefficient (Wildman–Crippen LogP) is 3.74. The van der Waals surface area contributed by atoms with Crippen LogP contribution in [-0.2, 0) is 0 Å². The molecule has 0 bridgehead atoms. The van der Waals surface area contributed by atoms with Crippen molar-refractivity contribution in [1.29, 1.82) is 0 Å². The summed E-state index contributed by atoms with van der Waals surface area (Å²) in [5.41, 5.74) is 1.08. The molecule has 0 aliphatic carbocycles. The van der Waals surface area contributed by atoms with Gasteiger partial charge in [-0.2, -0.15) is 0 Å². The number of ketones is 1. The molecule has 5 rings (SSSR count). The van der Waals surface area contributed by atoms with Crippen molar-refractivity contribution >= 4 is 39.1 Å². The molecule has 1 aliphatic heterocycles. The molecule has 0 N–H and O–H groups in total. The van der Waals surface area contributed by atoms with Crippen LogP contribution in [0.2, 0.25) is 5.02 Å². The summed E-state index contributed by atoms with van der Waals surface area (Å²) < 4.78 is 1.34. The van der Waals surface area contributed by atoms with Crippen LogP contribution in [0.4, 0.5) is 0 Å². The fourth-order valence-corrected chi connectivity index (χ4v) is 3.66. The topological polar surface area (TPSA) is 52.0 Å². The molecule has 0 fully saturated rings. The number of nitrogens with zero attached hydrogens (tertiary/aromatic N) is 2. The van der Waals surface area contributed by atoms with E-state index in [0.29, 0.717) is 27.2 Å². The van der Waals surface area contributed by atoms with E-state index in [1.807, 2.05) is 24.3 Å². The molecule has 0 saturated heterocycles. The summed E-state index contributed by atoms with van der Waals surface area (Å²) in [4.78, 5) is 30.1. The van der Waals surface area contributed by atoms with Crippen LogP contribution in [0.5, 0.6) is 0 Å². The Labute approximate surface area is 140 Å². The maximum absolute atomic E-state index is 12.9. The molecule has 1 aliphatic rings. The molecule has 0 spiro atoms. The number of rotatable bonds is 0. The van der Waals surface area contributed by atoms with Gasteiger partial charge in [-0.1, -0.05) is 48.0 Å². The summed E-state index contributed by atoms with van der Waals surface area (Å²) in [6.07, 6.45) is 0. The lowest BCUT2D eigenvalue weighted by Gasteiger charge is -2.09. The highest BCUT2D eigenvalue weighted by Crippen LogP contribution is 2.37. The number of benzene rings is 3. The van der Waals surface area contributed by atoms with Crippen LogP contribution in [-0.4, -0.2) is 15.3 Å². The molecule has 5 heteroatoms. The monoisotopic (exact) mass is 332 g/mol. The first-order valence-electron chi connectivity index (χ1n) is 7.45. The van der Waals surface area contributed by atoms with Gasteiger partial charge in [-0.3, -0.25) is 14.2 Å². The molecule has 24 heavy (non-hydrogen) atoms. The third kappa shape index (κ3) is 1.56. The lowest BCUT2D eigenvalue weighted by molar-refractivity contribution is 0.103. The minimum atomic E-state index is -0.278. The van der Waals surface area contributed by atoms with Gasteiger partial charge in [0.05, 0.1) is 27.2 Å². The normalized spacial score (nSPS) is 12.6. The quantitative estimate of drug-likeness (QED) is 0.434. The van der Waals surface area contributed by atoms with E-state index < -0.39 is 0 Å². The van der Waals surface area contributed by atoms with Gasteiger partial charge in [0.1, 0.15) is 0 Å². The highest BCUT2D eigenvalue weighted by atomic mass is 35.5. The first-order valence-corrected chi connectivity index (χ1v) is 7.83. The van der Waals surface area contributed by atoms with Crippen molar-refractivity contribution in [2.75, 3.05) is 0 Å². The zero-order valence-electron chi connectivity index (χ0n) is 12.3. The van der Waals surface area contributed by atoms with E-state index in [1.54, 1.807) is 30.3 Å². The van der Waals surface area contributed by atoms with E-state index in [9.17, 15) is 9.59 Å². The van der Waals surface area contributed by atoms with Crippen molar-refractivity contribution in [3.63, 3.8) is 0 Å². The van der Waals surface area contributed by atoms with Gasteiger partial charge < -0.3 is 0 Å². The van der Waals surface area contributed by atoms with E-state index in [0.717, 1.165) is 10.8 Å². The number of hydrogen-bond acceptors (Lipinski definition) is 3. The smallest absolute Gasteiger partial charge is 0.266 e. The Hall–Kier alpha value is -2.98. The lowest BCUT2D eigenvalue weighted by Crippen LogP contribution is -2.21. The minimum absolute atomic E-state index is 0.117. The van der Waals surface area contributed by atoms with Crippen molar-refractivity contribution in [3.05, 3.63) is 81.4 Å². The van der Waals surface area contributed by atoms with Crippen molar-refractivity contribution < 1.29 is 4.79 Å². The summed E-state index contributed by atoms with van der Waals surface area (Å²) in [6.45, 7) is 0. The molecule has 114 valence electrons. The SMILES string of the molecule is O=C1c2cc3ccccc3c(Cl)c2-n2c1nc1ccccc1c2=O. The van der Waals surface area contributed by atoms with Gasteiger partial charge in [0.25, 0.3) is 5.56 Å². The highest BCUT2D eigenvalue weighted by Gasteiger charge is 2.33. The summed E-state index contributed by atoms with van der Waals surface area (Å²) >= 11 is 6.56. The van der Waals surface area contributed by atoms with Gasteiger partial charge in [0, 0.05) is 5.39 Å². The van der Waals surface area contributed by atoms with Gasteiger partial charge in [-0.25, -0.2) is 4.98 Å². The number of hydrogen-bond donors (Lipinski definition) is 0. The Morgan fingerprint density at radius 1 is 0.917 bits per heavy atom. The standard InChI is InChI=1S/C19H9ClN2O2/c20-15-11-6-2-1-5-10(11)9-13-16(15)22-18(17(13)23)21-14-8-4-3-7-12(14)19(22)24/h1-9H. The third-order valence-electron chi connectivity index (χ3n) is 4.41. The van der Waals surface area contributed by atoms with Crippen LogP contribution in [0, 0.1) is 0 Å². The molecule has 2 heterocycles. The predicted molar refractivity (Wildman–Crippen MR) is 93.3 cm³/mol. The van der Waals surface area contributed by atoms with Crippen molar-refractivity contribution in [2.45, 2.75) is 0 Å². The second-order valence-corrected chi connectivity index (χ2v) is 6.11. The number of aromatic nitrogens is 2. The summed E-state index contributed by atoms with van der Waals surface area (Å²) in [5.74, 6) is -0.161. The van der Waals surface area contributed by atoms with Crippen LogP contribution in [0.25, 0.3) is 27.4 Å². The van der Waals surface area contributed by atoms with Crippen molar-refractivity contribution in [1.82, 2.24) is 9.55 Å². The minimum Gasteiger partial charge on any atom is -0.285 e. The highest BCUT2D eigenvalue weighted by molar-refractivity contribution is 6.39. The van der Waals surface area contributed by atoms with E-state index in [1.165, 1.54) is 4.57 Å². The van der Waals surface area contributed by atoms with Crippen LogP contribution in [0.1, 0.15) is 16.2 Å². The summed E-state index contributed by atoms with van der Waals surface area (Å²) in [7, 11) is 0. The van der Waals surface area contributed by atoms with Crippen LogP contribution < -0.4 is 5.56 Å². The Bertz CT molecular complexity index is 1260. The molecule has 4 aromatic rings. The molecule has 0 unspecified atom stereocenters. The molecule has 1 aromatic heterocycles. The Morgan fingerprint density at radius 3 is 2.46 bits per heavy atom. The average molecular weight is 333 g/mol. The number of para-hydroxylation sites is 1. The largest absolute Gasteiger partial charge is 0.285 e. The number of fused-ring (bicyclic) bond motifs is 5. The molecule has 0 amide bonds. The average Bonchev–Trinajstić information content (AvgIpc) is 2.89. The van der Waals surface area contributed by atoms with Gasteiger partial charge in [0.15, 0.2) is 5.82 Å². The first kappa shape index (κ1) is 13.5. The van der Waals surface area contributed by atoms with Crippen LogP contribution in [0.3, 0.4) is 0 Å². The second-order valence-electron chi connectivity index (χ2n) is 5.73. The van der Waals surface area contributed by atoms with Crippen LogP contribution >= 0.6 is 11.6 Å². The second kappa shape index (κ2) is 4.52. The van der Waals surface area contributed by atoms with E-state index in [-0.39, 0.29) is 17.2 Å². The van der Waals surface area contributed by atoms with Gasteiger partial charge >= 0.3 is 0 Å². The van der Waals surface area contributed by atoms with E-state index in [4.69, 9.17) is 11.6 Å². The van der Waals surface area contributed by atoms with E-state index in [2.05, 4.69) is 4.98 Å². The Balaban J connectivity index is 2.01. The molecular formula is C19H9ClN2O2. The zero-order chi connectivity index (χ0) is 16.4. The van der Waals surface area contributed by atoms with E-state index >= 15 is 0 Å². The fraction of sp³-hybridized carbons (Fsp3) is 0. The molecule has 4 nitrogen and oxygen atoms in total. The molecular weight excluding hydrogens is 324 g/mol. The Kier molecular flexibility index (Phi) is 2.54. The summed E-state index contributed by atoms with van der Waals surface area (Å²) in [5, 5.41) is 2.53. The maximum atomic E-state index is 12.9. The number of carbonyl (C=O) groups is 1. The zero-order valence-corrected chi connectivity index (χ0v) is 13.0. The first-order chi connectivity index (χ1) is 11.7. The fourth-order valence-electron chi connectivity index (χ4n) is 3.30. The lowest BCUT2D eigenvalue weighted by atomic mass is 10.0. The summed E-state index contributed by atoms with van der Waals surface area (Å²) in [6, 6.07) is 16.3. The van der Waals surface area contributed by atoms with Crippen LogP contribution in [0.15, 0.2) is 59.4 Å². The van der Waals surface area contributed by atoms with Gasteiger partial charge in [0.2, 0.25) is 5.78 Å². The van der Waals surface area contributed by atoms with Gasteiger partial charge in [-0.15, -0.1) is 0 Å². The molecule has 0 atom stereocenters. The Morgan fingerprint density at radius 2 is 1.62 bits per heavy atom. The number of carbonyl (C=O) groups excluding carboxylic acids is 1. The van der Waals surface area contributed by atoms with Gasteiger partial charge in [-0.05, 0) is 23.6 Å².